The number of rotatable bonds is 7. The Morgan fingerprint density at radius 2 is 1.87 bits per heavy atom. The molecule has 0 aromatic heterocycles. The van der Waals surface area contributed by atoms with Crippen LogP contribution in [0.25, 0.3) is 0 Å². The maximum atomic E-state index is 11.5. The monoisotopic (exact) mass is 457 g/mol. The van der Waals surface area contributed by atoms with Crippen molar-refractivity contribution in [1.82, 2.24) is 5.32 Å². The number of carboxylic acids is 1. The van der Waals surface area contributed by atoms with Crippen LogP contribution >= 0.6 is 0 Å². The molecule has 2 unspecified atom stereocenters. The largest absolute Gasteiger partial charge is 0.478 e. The highest BCUT2D eigenvalue weighted by Crippen LogP contribution is 2.29. The van der Waals surface area contributed by atoms with Crippen molar-refractivity contribution in [3.05, 3.63) is 11.6 Å². The summed E-state index contributed by atoms with van der Waals surface area (Å²) in [6.07, 6.45) is -10.7. The van der Waals surface area contributed by atoms with Gasteiger partial charge in [-0.3, -0.25) is 9.35 Å². The lowest BCUT2D eigenvalue weighted by Gasteiger charge is -2.45. The predicted octanol–water partition coefficient (Wildman–Crippen LogP) is -3.72. The van der Waals surface area contributed by atoms with Crippen molar-refractivity contribution in [2.75, 3.05) is 6.61 Å². The van der Waals surface area contributed by atoms with E-state index in [4.69, 9.17) is 19.1 Å². The first-order chi connectivity index (χ1) is 13.8. The van der Waals surface area contributed by atoms with Gasteiger partial charge in [0.1, 0.15) is 36.6 Å². The summed E-state index contributed by atoms with van der Waals surface area (Å²) in [4.78, 5) is 22.7. The van der Waals surface area contributed by atoms with Crippen LogP contribution < -0.4 is 5.32 Å². The van der Waals surface area contributed by atoms with Gasteiger partial charge in [-0.15, -0.1) is 0 Å². The normalized spacial score (nSPS) is 37.3. The molecule has 14 nitrogen and oxygen atoms in total. The van der Waals surface area contributed by atoms with Gasteiger partial charge in [0.15, 0.2) is 6.29 Å². The SMILES string of the molecule is CC(=O)N[C@H]1C(O)O[C@H](COS(=O)(=O)O)[C@H](O)[C@@H]1OC1CC(C(=O)O)=C[C@H](O)[C@H]1O. The van der Waals surface area contributed by atoms with E-state index in [2.05, 4.69) is 9.50 Å². The van der Waals surface area contributed by atoms with Gasteiger partial charge >= 0.3 is 16.4 Å². The number of carbonyl (C=O) groups is 2. The average Bonchev–Trinajstić information content (AvgIpc) is 2.61. The van der Waals surface area contributed by atoms with Gasteiger partial charge in [0.2, 0.25) is 5.91 Å². The highest BCUT2D eigenvalue weighted by atomic mass is 32.3. The fraction of sp³-hybridized carbons (Fsp3) is 0.733. The van der Waals surface area contributed by atoms with E-state index in [1.54, 1.807) is 0 Å². The Hall–Kier alpha value is -1.69. The Kier molecular flexibility index (Phi) is 7.89. The van der Waals surface area contributed by atoms with Gasteiger partial charge in [-0.05, 0) is 6.08 Å². The van der Waals surface area contributed by atoms with Crippen LogP contribution in [0.3, 0.4) is 0 Å². The summed E-state index contributed by atoms with van der Waals surface area (Å²) in [5, 5.41) is 52.1. The van der Waals surface area contributed by atoms with Crippen molar-refractivity contribution in [2.45, 2.75) is 62.3 Å². The summed E-state index contributed by atoms with van der Waals surface area (Å²) in [5.74, 6) is -2.04. The van der Waals surface area contributed by atoms with E-state index < -0.39 is 77.8 Å². The molecular formula is C15H23NO13S. The molecule has 2 aliphatic rings. The zero-order chi connectivity index (χ0) is 22.8. The number of hydrogen-bond donors (Lipinski definition) is 7. The Bertz CT molecular complexity index is 783. The minimum atomic E-state index is -4.90. The Morgan fingerprint density at radius 1 is 1.23 bits per heavy atom. The van der Waals surface area contributed by atoms with Crippen LogP contribution in [0.15, 0.2) is 11.6 Å². The summed E-state index contributed by atoms with van der Waals surface area (Å²) in [6, 6.07) is -1.41. The highest BCUT2D eigenvalue weighted by molar-refractivity contribution is 7.80. The van der Waals surface area contributed by atoms with Gasteiger partial charge in [0.25, 0.3) is 0 Å². The molecule has 0 radical (unpaired) electrons. The minimum absolute atomic E-state index is 0.276. The van der Waals surface area contributed by atoms with Crippen molar-refractivity contribution >= 4 is 22.3 Å². The van der Waals surface area contributed by atoms with Crippen molar-refractivity contribution in [1.29, 1.82) is 0 Å². The van der Waals surface area contributed by atoms with Crippen LogP contribution in [-0.2, 0) is 33.6 Å². The summed E-state index contributed by atoms with van der Waals surface area (Å²) >= 11 is 0. The first kappa shape index (κ1) is 24.6. The lowest BCUT2D eigenvalue weighted by molar-refractivity contribution is -0.273. The quantitative estimate of drug-likeness (QED) is 0.183. The number of aliphatic hydroxyl groups excluding tert-OH is 4. The highest BCUT2D eigenvalue weighted by Gasteiger charge is 2.48. The van der Waals surface area contributed by atoms with Crippen molar-refractivity contribution in [3.63, 3.8) is 0 Å². The molecule has 1 fully saturated rings. The molecule has 8 atom stereocenters. The number of hydrogen-bond acceptors (Lipinski definition) is 11. The molecule has 1 amide bonds. The average molecular weight is 457 g/mol. The van der Waals surface area contributed by atoms with Crippen LogP contribution in [0.5, 0.6) is 0 Å². The molecule has 1 aliphatic heterocycles. The van der Waals surface area contributed by atoms with Gasteiger partial charge in [0, 0.05) is 18.9 Å². The van der Waals surface area contributed by atoms with E-state index in [1.807, 2.05) is 0 Å². The molecule has 172 valence electrons. The van der Waals surface area contributed by atoms with Gasteiger partial charge in [-0.2, -0.15) is 8.42 Å². The Balaban J connectivity index is 2.26. The summed E-state index contributed by atoms with van der Waals surface area (Å²) in [6.45, 7) is 0.161. The molecule has 1 aliphatic carbocycles. The molecule has 0 bridgehead atoms. The molecule has 0 saturated carbocycles. The molecule has 7 N–H and O–H groups in total. The van der Waals surface area contributed by atoms with Crippen LogP contribution in [0.4, 0.5) is 0 Å². The second-order valence-electron chi connectivity index (χ2n) is 6.82. The summed E-state index contributed by atoms with van der Waals surface area (Å²) in [7, 11) is -4.90. The topological polar surface area (TPSA) is 229 Å². The summed E-state index contributed by atoms with van der Waals surface area (Å²) < 4.78 is 45.0. The zero-order valence-corrected chi connectivity index (χ0v) is 16.4. The molecule has 1 saturated heterocycles. The molecule has 0 aromatic carbocycles. The van der Waals surface area contributed by atoms with E-state index in [-0.39, 0.29) is 12.0 Å². The molecule has 0 aromatic rings. The van der Waals surface area contributed by atoms with Gasteiger partial charge < -0.3 is 40.3 Å². The molecule has 30 heavy (non-hydrogen) atoms. The number of carboxylic acid groups (broad SMARTS) is 1. The second kappa shape index (κ2) is 9.63. The van der Waals surface area contributed by atoms with Gasteiger partial charge in [-0.1, -0.05) is 0 Å². The molecule has 15 heteroatoms. The standard InChI is InChI=1S/C15H23NO13S/c1-5(17)16-10-13(12(20)9(29-15(10)23)4-27-30(24,25)26)28-8-3-6(14(21)22)2-7(18)11(8)19/h2,7-13,15,18-20,23H,3-4H2,1H3,(H,16,17)(H,21,22)(H,24,25,26)/t7-,8?,9+,10+,11+,12-,13+,15?/m0/s1. The molecular weight excluding hydrogens is 434 g/mol. The predicted molar refractivity (Wildman–Crippen MR) is 93.0 cm³/mol. The number of amides is 1. The third-order valence-electron chi connectivity index (χ3n) is 4.57. The summed E-state index contributed by atoms with van der Waals surface area (Å²) in [5.41, 5.74) is -0.276. The maximum absolute atomic E-state index is 11.5. The lowest BCUT2D eigenvalue weighted by Crippen LogP contribution is -2.66. The number of aliphatic carboxylic acids is 1. The maximum Gasteiger partial charge on any atom is 0.397 e. The molecule has 2 rings (SSSR count). The lowest BCUT2D eigenvalue weighted by atomic mass is 9.90. The van der Waals surface area contributed by atoms with Gasteiger partial charge in [-0.25, -0.2) is 8.98 Å². The first-order valence-corrected chi connectivity index (χ1v) is 10.0. The Labute approximate surface area is 170 Å². The van der Waals surface area contributed by atoms with E-state index in [0.717, 1.165) is 13.0 Å². The second-order valence-corrected chi connectivity index (χ2v) is 7.91. The third kappa shape index (κ3) is 6.16. The van der Waals surface area contributed by atoms with Crippen LogP contribution in [0.2, 0.25) is 0 Å². The minimum Gasteiger partial charge on any atom is -0.478 e. The van der Waals surface area contributed by atoms with Crippen molar-refractivity contribution in [2.24, 2.45) is 0 Å². The first-order valence-electron chi connectivity index (χ1n) is 8.66. The van der Waals surface area contributed by atoms with Crippen LogP contribution in [-0.4, -0.2) is 106 Å². The van der Waals surface area contributed by atoms with Crippen molar-refractivity contribution < 1.29 is 61.7 Å². The number of ether oxygens (including phenoxy) is 2. The fourth-order valence-electron chi connectivity index (χ4n) is 3.19. The smallest absolute Gasteiger partial charge is 0.397 e. The van der Waals surface area contributed by atoms with E-state index in [1.165, 1.54) is 0 Å². The zero-order valence-electron chi connectivity index (χ0n) is 15.6. The number of carbonyl (C=O) groups excluding carboxylic acids is 1. The third-order valence-corrected chi connectivity index (χ3v) is 5.01. The van der Waals surface area contributed by atoms with Gasteiger partial charge in [0.05, 0.1) is 12.7 Å². The van der Waals surface area contributed by atoms with Crippen LogP contribution in [0.1, 0.15) is 13.3 Å². The van der Waals surface area contributed by atoms with Crippen LogP contribution in [0, 0.1) is 0 Å². The number of nitrogens with one attached hydrogen (secondary N) is 1. The molecule has 0 spiro atoms. The Morgan fingerprint density at radius 3 is 2.40 bits per heavy atom. The number of aliphatic hydroxyl groups is 4. The van der Waals surface area contributed by atoms with E-state index in [0.29, 0.717) is 0 Å². The van der Waals surface area contributed by atoms with E-state index in [9.17, 15) is 38.4 Å². The fourth-order valence-corrected chi connectivity index (χ4v) is 3.50. The van der Waals surface area contributed by atoms with Crippen molar-refractivity contribution in [3.8, 4) is 0 Å². The molecule has 1 heterocycles. The van der Waals surface area contributed by atoms with E-state index >= 15 is 0 Å².